The first-order valence-electron chi connectivity index (χ1n) is 10.2. The van der Waals surface area contributed by atoms with Gasteiger partial charge in [0.05, 0.1) is 16.8 Å². The summed E-state index contributed by atoms with van der Waals surface area (Å²) in [5.74, 6) is 1.32. The zero-order valence-corrected chi connectivity index (χ0v) is 18.0. The fourth-order valence-electron chi connectivity index (χ4n) is 3.89. The molecule has 0 N–H and O–H groups in total. The zero-order chi connectivity index (χ0) is 23.0. The minimum atomic E-state index is -4.58. The SMILES string of the molecule is Cc1cc(C)n(-c2cc(N3CCN(C(=O)c4ccccc4C(F)(F)F)CC3)nc(C)n2)n1. The van der Waals surface area contributed by atoms with Crippen LogP contribution in [0.1, 0.15) is 33.1 Å². The molecular weight excluding hydrogens is 421 g/mol. The van der Waals surface area contributed by atoms with Crippen LogP contribution in [0.3, 0.4) is 0 Å². The largest absolute Gasteiger partial charge is 0.417 e. The van der Waals surface area contributed by atoms with Gasteiger partial charge in [-0.15, -0.1) is 0 Å². The van der Waals surface area contributed by atoms with Crippen LogP contribution in [0.25, 0.3) is 5.82 Å². The number of aromatic nitrogens is 4. The standard InChI is InChI=1S/C22H23F3N6O/c1-14-12-15(2)31(28-14)20-13-19(26-16(3)27-20)29-8-10-30(11-9-29)21(32)17-6-4-5-7-18(17)22(23,24)25/h4-7,12-13H,8-11H2,1-3H3. The number of rotatable bonds is 3. The van der Waals surface area contributed by atoms with Crippen LogP contribution < -0.4 is 4.90 Å². The molecule has 0 saturated carbocycles. The molecule has 0 atom stereocenters. The van der Waals surface area contributed by atoms with E-state index in [4.69, 9.17) is 0 Å². The highest BCUT2D eigenvalue weighted by molar-refractivity contribution is 5.96. The summed E-state index contributed by atoms with van der Waals surface area (Å²) in [5.41, 5.74) is 0.600. The fourth-order valence-corrected chi connectivity index (χ4v) is 3.89. The van der Waals surface area contributed by atoms with Gasteiger partial charge in [0, 0.05) is 37.9 Å². The summed E-state index contributed by atoms with van der Waals surface area (Å²) < 4.78 is 41.7. The average Bonchev–Trinajstić information content (AvgIpc) is 3.10. The van der Waals surface area contributed by atoms with E-state index in [1.54, 1.807) is 11.6 Å². The van der Waals surface area contributed by atoms with Crippen molar-refractivity contribution in [3.05, 3.63) is 64.7 Å². The highest BCUT2D eigenvalue weighted by Gasteiger charge is 2.36. The molecule has 0 aliphatic carbocycles. The summed E-state index contributed by atoms with van der Waals surface area (Å²) in [6.45, 7) is 7.14. The smallest absolute Gasteiger partial charge is 0.353 e. The van der Waals surface area contributed by atoms with E-state index in [-0.39, 0.29) is 5.56 Å². The van der Waals surface area contributed by atoms with Crippen LogP contribution in [0, 0.1) is 20.8 Å². The van der Waals surface area contributed by atoms with Crippen LogP contribution in [0.5, 0.6) is 0 Å². The Kier molecular flexibility index (Phi) is 5.62. The Hall–Kier alpha value is -3.43. The fraction of sp³-hybridized carbons (Fsp3) is 0.364. The summed E-state index contributed by atoms with van der Waals surface area (Å²) in [7, 11) is 0. The van der Waals surface area contributed by atoms with Gasteiger partial charge in [-0.25, -0.2) is 14.6 Å². The molecule has 0 spiro atoms. The molecule has 0 radical (unpaired) electrons. The van der Waals surface area contributed by atoms with Crippen molar-refractivity contribution in [1.29, 1.82) is 0 Å². The van der Waals surface area contributed by atoms with E-state index in [1.165, 1.54) is 23.1 Å². The molecule has 0 unspecified atom stereocenters. The monoisotopic (exact) mass is 444 g/mol. The van der Waals surface area contributed by atoms with Gasteiger partial charge >= 0.3 is 6.18 Å². The van der Waals surface area contributed by atoms with Crippen LogP contribution in [0.4, 0.5) is 19.0 Å². The van der Waals surface area contributed by atoms with Gasteiger partial charge in [-0.3, -0.25) is 4.79 Å². The Labute approximate surface area is 183 Å². The lowest BCUT2D eigenvalue weighted by atomic mass is 10.1. The van der Waals surface area contributed by atoms with Crippen molar-refractivity contribution in [2.24, 2.45) is 0 Å². The molecule has 1 amide bonds. The molecule has 1 aliphatic heterocycles. The first-order chi connectivity index (χ1) is 15.1. The van der Waals surface area contributed by atoms with Crippen LogP contribution >= 0.6 is 0 Å². The lowest BCUT2D eigenvalue weighted by Gasteiger charge is -2.36. The molecule has 1 aliphatic rings. The second kappa shape index (κ2) is 8.25. The van der Waals surface area contributed by atoms with E-state index < -0.39 is 17.6 Å². The number of nitrogens with zero attached hydrogens (tertiary/aromatic N) is 6. The van der Waals surface area contributed by atoms with Crippen LogP contribution in [-0.2, 0) is 6.18 Å². The number of carbonyl (C=O) groups excluding carboxylic acids is 1. The van der Waals surface area contributed by atoms with E-state index in [0.717, 1.165) is 17.5 Å². The average molecular weight is 444 g/mol. The number of benzene rings is 1. The molecule has 0 bridgehead atoms. The number of alkyl halides is 3. The lowest BCUT2D eigenvalue weighted by molar-refractivity contribution is -0.138. The van der Waals surface area contributed by atoms with Crippen molar-refractivity contribution >= 4 is 11.7 Å². The van der Waals surface area contributed by atoms with Gasteiger partial charge in [0.1, 0.15) is 11.6 Å². The summed E-state index contributed by atoms with van der Waals surface area (Å²) >= 11 is 0. The predicted octanol–water partition coefficient (Wildman–Crippen LogP) is 3.57. The normalized spacial score (nSPS) is 14.7. The Morgan fingerprint density at radius 3 is 2.22 bits per heavy atom. The van der Waals surface area contributed by atoms with Gasteiger partial charge in [-0.2, -0.15) is 18.3 Å². The molecule has 7 nitrogen and oxygen atoms in total. The molecule has 1 saturated heterocycles. The molecule has 1 fully saturated rings. The van der Waals surface area contributed by atoms with E-state index in [0.29, 0.717) is 43.6 Å². The molecular formula is C22H23F3N6O. The van der Waals surface area contributed by atoms with Gasteiger partial charge in [-0.05, 0) is 39.0 Å². The number of piperazine rings is 1. The highest BCUT2D eigenvalue weighted by atomic mass is 19.4. The quantitative estimate of drug-likeness (QED) is 0.618. The summed E-state index contributed by atoms with van der Waals surface area (Å²) in [5, 5.41) is 4.47. The number of halogens is 3. The maximum Gasteiger partial charge on any atom is 0.417 e. The lowest BCUT2D eigenvalue weighted by Crippen LogP contribution is -2.49. The first-order valence-corrected chi connectivity index (χ1v) is 10.2. The Morgan fingerprint density at radius 1 is 0.938 bits per heavy atom. The van der Waals surface area contributed by atoms with E-state index in [9.17, 15) is 18.0 Å². The minimum Gasteiger partial charge on any atom is -0.353 e. The number of amides is 1. The Morgan fingerprint density at radius 2 is 1.59 bits per heavy atom. The third kappa shape index (κ3) is 4.30. The molecule has 10 heteroatoms. The Bertz CT molecular complexity index is 1150. The van der Waals surface area contributed by atoms with Crippen molar-refractivity contribution in [3.8, 4) is 5.82 Å². The van der Waals surface area contributed by atoms with Crippen molar-refractivity contribution in [1.82, 2.24) is 24.6 Å². The summed E-state index contributed by atoms with van der Waals surface area (Å²) in [4.78, 5) is 25.3. The van der Waals surface area contributed by atoms with Crippen molar-refractivity contribution in [3.63, 3.8) is 0 Å². The van der Waals surface area contributed by atoms with Crippen molar-refractivity contribution < 1.29 is 18.0 Å². The Balaban J connectivity index is 1.51. The van der Waals surface area contributed by atoms with Gasteiger partial charge in [-0.1, -0.05) is 12.1 Å². The topological polar surface area (TPSA) is 67.2 Å². The molecule has 2 aromatic heterocycles. The highest BCUT2D eigenvalue weighted by Crippen LogP contribution is 2.32. The zero-order valence-electron chi connectivity index (χ0n) is 18.0. The number of anilines is 1. The second-order valence-corrected chi connectivity index (χ2v) is 7.79. The molecule has 168 valence electrons. The second-order valence-electron chi connectivity index (χ2n) is 7.79. The molecule has 1 aromatic carbocycles. The maximum atomic E-state index is 13.3. The summed E-state index contributed by atoms with van der Waals surface area (Å²) in [6, 6.07) is 8.70. The minimum absolute atomic E-state index is 0.295. The molecule has 32 heavy (non-hydrogen) atoms. The van der Waals surface area contributed by atoms with Gasteiger partial charge in [0.2, 0.25) is 0 Å². The van der Waals surface area contributed by atoms with Crippen LogP contribution in [0.15, 0.2) is 36.4 Å². The predicted molar refractivity (Wildman–Crippen MR) is 113 cm³/mol. The van der Waals surface area contributed by atoms with E-state index in [2.05, 4.69) is 15.1 Å². The molecule has 3 aromatic rings. The first kappa shape index (κ1) is 21.8. The number of aryl methyl sites for hydroxylation is 3. The van der Waals surface area contributed by atoms with Gasteiger partial charge in [0.15, 0.2) is 5.82 Å². The number of hydrogen-bond acceptors (Lipinski definition) is 5. The molecule has 4 rings (SSSR count). The third-order valence-electron chi connectivity index (χ3n) is 5.39. The number of carbonyl (C=O) groups is 1. The van der Waals surface area contributed by atoms with Crippen LogP contribution in [0.2, 0.25) is 0 Å². The van der Waals surface area contributed by atoms with Gasteiger partial charge < -0.3 is 9.80 Å². The van der Waals surface area contributed by atoms with E-state index >= 15 is 0 Å². The number of hydrogen-bond donors (Lipinski definition) is 0. The third-order valence-corrected chi connectivity index (χ3v) is 5.39. The summed E-state index contributed by atoms with van der Waals surface area (Å²) in [6.07, 6.45) is -4.58. The maximum absolute atomic E-state index is 13.3. The van der Waals surface area contributed by atoms with Gasteiger partial charge in [0.25, 0.3) is 5.91 Å². The van der Waals surface area contributed by atoms with Crippen molar-refractivity contribution in [2.75, 3.05) is 31.1 Å². The van der Waals surface area contributed by atoms with Crippen LogP contribution in [-0.4, -0.2) is 56.7 Å². The molecule has 3 heterocycles. The van der Waals surface area contributed by atoms with E-state index in [1.807, 2.05) is 30.9 Å². The van der Waals surface area contributed by atoms with Crippen molar-refractivity contribution in [2.45, 2.75) is 26.9 Å².